The Hall–Kier alpha value is -3.00. The van der Waals surface area contributed by atoms with E-state index in [1.54, 1.807) is 41.3 Å². The zero-order valence-electron chi connectivity index (χ0n) is 14.7. The van der Waals surface area contributed by atoms with Gasteiger partial charge in [-0.05, 0) is 42.5 Å². The highest BCUT2D eigenvalue weighted by Gasteiger charge is 2.11. The summed E-state index contributed by atoms with van der Waals surface area (Å²) in [5, 5.41) is 26.7. The second-order valence-corrected chi connectivity index (χ2v) is 7.57. The summed E-state index contributed by atoms with van der Waals surface area (Å²) in [6, 6.07) is 12.9. The van der Waals surface area contributed by atoms with Crippen molar-refractivity contribution >= 4 is 46.4 Å². The number of benzene rings is 2. The van der Waals surface area contributed by atoms with E-state index >= 15 is 0 Å². The van der Waals surface area contributed by atoms with Crippen LogP contribution in [0.5, 0.6) is 11.5 Å². The van der Waals surface area contributed by atoms with E-state index in [1.807, 2.05) is 11.4 Å². The van der Waals surface area contributed by atoms with Gasteiger partial charge in [0, 0.05) is 22.0 Å². The van der Waals surface area contributed by atoms with E-state index in [0.29, 0.717) is 37.6 Å². The normalized spacial score (nSPS) is 12.1. The summed E-state index contributed by atoms with van der Waals surface area (Å²) in [4.78, 5) is 5.13. The van der Waals surface area contributed by atoms with Crippen LogP contribution in [0.15, 0.2) is 74.7 Å². The number of furan rings is 1. The van der Waals surface area contributed by atoms with Crippen LogP contribution in [-0.4, -0.2) is 21.1 Å². The molecule has 9 heteroatoms. The predicted octanol–water partition coefficient (Wildman–Crippen LogP) is 5.64. The monoisotopic (exact) mass is 445 g/mol. The Bertz CT molecular complexity index is 1260. The van der Waals surface area contributed by atoms with Gasteiger partial charge in [-0.15, -0.1) is 11.3 Å². The van der Waals surface area contributed by atoms with E-state index in [9.17, 15) is 10.2 Å². The van der Waals surface area contributed by atoms with Crippen molar-refractivity contribution in [2.75, 3.05) is 0 Å². The zero-order valence-corrected chi connectivity index (χ0v) is 17.0. The molecule has 0 aliphatic rings. The Morgan fingerprint density at radius 3 is 2.66 bits per heavy atom. The van der Waals surface area contributed by atoms with Crippen molar-refractivity contribution in [3.05, 3.63) is 80.6 Å². The molecule has 0 unspecified atom stereocenters. The van der Waals surface area contributed by atoms with Crippen molar-refractivity contribution in [3.63, 3.8) is 0 Å². The molecular weight excluding hydrogens is 433 g/mol. The minimum atomic E-state index is -0.0941. The number of nitrogens with zero attached hydrogens (tertiary/aromatic N) is 3. The summed E-state index contributed by atoms with van der Waals surface area (Å²) in [5.41, 5.74) is 1.65. The molecule has 2 aromatic heterocycles. The molecule has 4 rings (SSSR count). The largest absolute Gasteiger partial charge is 0.508 e. The summed E-state index contributed by atoms with van der Waals surface area (Å²) < 4.78 is 7.08. The van der Waals surface area contributed by atoms with Crippen molar-refractivity contribution in [1.82, 2.24) is 4.68 Å². The van der Waals surface area contributed by atoms with Crippen LogP contribution in [0, 0.1) is 0 Å². The maximum Gasteiger partial charge on any atom is 0.211 e. The van der Waals surface area contributed by atoms with Gasteiger partial charge < -0.3 is 14.6 Å². The highest BCUT2D eigenvalue weighted by Crippen LogP contribution is 2.28. The van der Waals surface area contributed by atoms with Crippen molar-refractivity contribution in [2.24, 2.45) is 10.1 Å². The highest BCUT2D eigenvalue weighted by atomic mass is 35.5. The fourth-order valence-corrected chi connectivity index (χ4v) is 3.80. The topological polar surface area (TPSA) is 83.2 Å². The number of aromatic hydroxyl groups is 2. The Morgan fingerprint density at radius 1 is 1.07 bits per heavy atom. The minimum absolute atomic E-state index is 0.0350. The maximum atomic E-state index is 10.0. The summed E-state index contributed by atoms with van der Waals surface area (Å²) in [7, 11) is 0. The molecule has 0 fully saturated rings. The Labute approximate surface area is 179 Å². The third-order valence-corrected chi connectivity index (χ3v) is 5.27. The van der Waals surface area contributed by atoms with Crippen molar-refractivity contribution < 1.29 is 14.6 Å². The van der Waals surface area contributed by atoms with Gasteiger partial charge in [-0.3, -0.25) is 0 Å². The molecule has 0 bridgehead atoms. The van der Waals surface area contributed by atoms with E-state index < -0.39 is 0 Å². The Balaban J connectivity index is 1.85. The van der Waals surface area contributed by atoms with E-state index in [2.05, 4.69) is 10.1 Å². The van der Waals surface area contributed by atoms with Gasteiger partial charge >= 0.3 is 0 Å². The number of phenolic OH excluding ortho intramolecular Hbond substituents is 2. The Kier molecular flexibility index (Phi) is 5.44. The van der Waals surface area contributed by atoms with Crippen LogP contribution in [0.3, 0.4) is 0 Å². The fourth-order valence-electron chi connectivity index (χ4n) is 2.52. The summed E-state index contributed by atoms with van der Waals surface area (Å²) in [6.45, 7) is 0. The van der Waals surface area contributed by atoms with E-state index in [-0.39, 0.29) is 11.5 Å². The van der Waals surface area contributed by atoms with Crippen molar-refractivity contribution in [3.8, 4) is 23.0 Å². The van der Waals surface area contributed by atoms with Gasteiger partial charge in [-0.2, -0.15) is 5.10 Å². The van der Waals surface area contributed by atoms with Crippen LogP contribution in [0.2, 0.25) is 10.0 Å². The molecule has 0 spiro atoms. The molecule has 2 heterocycles. The molecule has 0 aliphatic carbocycles. The molecular formula is C20H13Cl2N3O3S. The molecule has 2 N–H and O–H groups in total. The third-order valence-electron chi connectivity index (χ3n) is 3.91. The zero-order chi connectivity index (χ0) is 20.4. The Morgan fingerprint density at radius 2 is 1.93 bits per heavy atom. The standard InChI is InChI=1S/C20H13Cl2N3O3S/c21-13-4-6-16(15(22)8-13)24-20-25(17(11-29-20)19-2-1-7-28-19)23-10-12-3-5-14(26)9-18(12)27/h1-11,26-27H. The average Bonchev–Trinajstić information content (AvgIpc) is 3.33. The highest BCUT2D eigenvalue weighted by molar-refractivity contribution is 7.07. The number of thiazole rings is 1. The number of rotatable bonds is 4. The average molecular weight is 446 g/mol. The lowest BCUT2D eigenvalue weighted by atomic mass is 10.2. The number of hydrogen-bond acceptors (Lipinski definition) is 6. The molecule has 0 radical (unpaired) electrons. The van der Waals surface area contributed by atoms with Crippen molar-refractivity contribution in [1.29, 1.82) is 0 Å². The maximum absolute atomic E-state index is 10.0. The van der Waals surface area contributed by atoms with Gasteiger partial charge in [-0.25, -0.2) is 9.67 Å². The van der Waals surface area contributed by atoms with Crippen LogP contribution in [0.25, 0.3) is 11.5 Å². The molecule has 0 atom stereocenters. The number of halogens is 2. The third kappa shape index (κ3) is 4.22. The molecule has 29 heavy (non-hydrogen) atoms. The first-order chi connectivity index (χ1) is 14.0. The number of phenols is 2. The van der Waals surface area contributed by atoms with Crippen molar-refractivity contribution in [2.45, 2.75) is 0 Å². The molecule has 0 saturated heterocycles. The van der Waals surface area contributed by atoms with Crippen LogP contribution in [0.1, 0.15) is 5.56 Å². The summed E-state index contributed by atoms with van der Waals surface area (Å²) >= 11 is 13.6. The quantitative estimate of drug-likeness (QED) is 0.398. The van der Waals surface area contributed by atoms with Gasteiger partial charge in [-0.1, -0.05) is 23.2 Å². The lowest BCUT2D eigenvalue weighted by Gasteiger charge is -2.03. The molecule has 0 aliphatic heterocycles. The smallest absolute Gasteiger partial charge is 0.211 e. The SMILES string of the molecule is Oc1ccc(C=Nn2c(-c3ccco3)csc2=Nc2ccc(Cl)cc2Cl)c(O)c1. The number of hydrogen-bond donors (Lipinski definition) is 2. The van der Waals surface area contributed by atoms with Gasteiger partial charge in [0.25, 0.3) is 0 Å². The van der Waals surface area contributed by atoms with Crippen LogP contribution in [-0.2, 0) is 0 Å². The second-order valence-electron chi connectivity index (χ2n) is 5.89. The lowest BCUT2D eigenvalue weighted by Crippen LogP contribution is -2.11. The molecule has 2 aromatic carbocycles. The molecule has 146 valence electrons. The van der Waals surface area contributed by atoms with E-state index in [0.717, 1.165) is 0 Å². The van der Waals surface area contributed by atoms with Gasteiger partial charge in [0.2, 0.25) is 4.80 Å². The first kappa shape index (κ1) is 19.3. The van der Waals surface area contributed by atoms with E-state index in [4.69, 9.17) is 27.6 Å². The van der Waals surface area contributed by atoms with Gasteiger partial charge in [0.15, 0.2) is 5.76 Å². The predicted molar refractivity (Wildman–Crippen MR) is 114 cm³/mol. The fraction of sp³-hybridized carbons (Fsp3) is 0. The minimum Gasteiger partial charge on any atom is -0.508 e. The van der Waals surface area contributed by atoms with Crippen LogP contribution >= 0.6 is 34.5 Å². The number of aromatic nitrogens is 1. The molecule has 0 amide bonds. The summed E-state index contributed by atoms with van der Waals surface area (Å²) in [6.07, 6.45) is 3.04. The van der Waals surface area contributed by atoms with Crippen LogP contribution < -0.4 is 4.80 Å². The lowest BCUT2D eigenvalue weighted by molar-refractivity contribution is 0.450. The first-order valence-corrected chi connectivity index (χ1v) is 9.95. The molecule has 0 saturated carbocycles. The second kappa shape index (κ2) is 8.16. The molecule has 4 aromatic rings. The van der Waals surface area contributed by atoms with E-state index in [1.165, 1.54) is 29.7 Å². The molecule has 6 nitrogen and oxygen atoms in total. The van der Waals surface area contributed by atoms with Gasteiger partial charge in [0.1, 0.15) is 17.2 Å². The van der Waals surface area contributed by atoms with Gasteiger partial charge in [0.05, 0.1) is 23.2 Å². The van der Waals surface area contributed by atoms with Crippen LogP contribution in [0.4, 0.5) is 5.69 Å². The first-order valence-electron chi connectivity index (χ1n) is 8.32. The summed E-state index contributed by atoms with van der Waals surface area (Å²) in [5.74, 6) is 0.479.